The molecule has 0 spiro atoms. The number of nitrogens with zero attached hydrogens (tertiary/aromatic N) is 1. The Kier molecular flexibility index (Phi) is 5.58. The second kappa shape index (κ2) is 7.21. The molecular formula is C16H28N2O2. The zero-order valence-corrected chi connectivity index (χ0v) is 12.9. The normalized spacial score (nSPS) is 30.9. The zero-order valence-electron chi connectivity index (χ0n) is 12.9. The molecule has 0 aromatic carbocycles. The van der Waals surface area contributed by atoms with E-state index in [4.69, 9.17) is 0 Å². The van der Waals surface area contributed by atoms with Crippen LogP contribution in [0, 0.1) is 11.8 Å². The molecule has 1 saturated heterocycles. The van der Waals surface area contributed by atoms with E-state index in [2.05, 4.69) is 24.1 Å². The van der Waals surface area contributed by atoms with Crippen LogP contribution in [0.4, 0.5) is 0 Å². The SMILES string of the molecule is CCCNC(=O)[C@@H]1C[C@@H]2CC(=O)CC[C@H]2N(CCC)C1. The fraction of sp³-hybridized carbons (Fsp3) is 0.875. The van der Waals surface area contributed by atoms with Gasteiger partial charge in [-0.05, 0) is 38.1 Å². The number of hydrogen-bond donors (Lipinski definition) is 1. The van der Waals surface area contributed by atoms with E-state index < -0.39 is 0 Å². The number of carbonyl (C=O) groups is 2. The van der Waals surface area contributed by atoms with Crippen LogP contribution in [0.2, 0.25) is 0 Å². The lowest BCUT2D eigenvalue weighted by Crippen LogP contribution is -2.54. The van der Waals surface area contributed by atoms with Crippen LogP contribution in [0.1, 0.15) is 52.4 Å². The van der Waals surface area contributed by atoms with Crippen LogP contribution in [0.15, 0.2) is 0 Å². The average molecular weight is 280 g/mol. The highest BCUT2D eigenvalue weighted by molar-refractivity contribution is 5.81. The van der Waals surface area contributed by atoms with Gasteiger partial charge < -0.3 is 5.32 Å². The van der Waals surface area contributed by atoms with Crippen LogP contribution in [-0.4, -0.2) is 42.3 Å². The molecule has 1 aliphatic carbocycles. The van der Waals surface area contributed by atoms with Crippen molar-refractivity contribution in [3.05, 3.63) is 0 Å². The van der Waals surface area contributed by atoms with Gasteiger partial charge in [0.1, 0.15) is 5.78 Å². The monoisotopic (exact) mass is 280 g/mol. The molecule has 1 N–H and O–H groups in total. The van der Waals surface area contributed by atoms with Gasteiger partial charge >= 0.3 is 0 Å². The van der Waals surface area contributed by atoms with Gasteiger partial charge in [0.15, 0.2) is 0 Å². The molecular weight excluding hydrogens is 252 g/mol. The van der Waals surface area contributed by atoms with Crippen molar-refractivity contribution in [3.8, 4) is 0 Å². The van der Waals surface area contributed by atoms with E-state index in [-0.39, 0.29) is 11.8 Å². The highest BCUT2D eigenvalue weighted by atomic mass is 16.2. The third-order valence-corrected chi connectivity index (χ3v) is 4.69. The Labute approximate surface area is 122 Å². The molecule has 1 aliphatic heterocycles. The summed E-state index contributed by atoms with van der Waals surface area (Å²) in [5.41, 5.74) is 0. The van der Waals surface area contributed by atoms with Crippen LogP contribution in [0.5, 0.6) is 0 Å². The van der Waals surface area contributed by atoms with Crippen molar-refractivity contribution in [3.63, 3.8) is 0 Å². The predicted octanol–water partition coefficient (Wildman–Crippen LogP) is 1.98. The first-order valence-electron chi connectivity index (χ1n) is 8.19. The van der Waals surface area contributed by atoms with Gasteiger partial charge in [0.2, 0.25) is 5.91 Å². The topological polar surface area (TPSA) is 49.4 Å². The minimum atomic E-state index is 0.0697. The molecule has 2 aliphatic rings. The lowest BCUT2D eigenvalue weighted by molar-refractivity contribution is -0.132. The van der Waals surface area contributed by atoms with Crippen molar-refractivity contribution in [2.45, 2.75) is 58.4 Å². The first-order valence-corrected chi connectivity index (χ1v) is 8.19. The molecule has 0 aromatic rings. The summed E-state index contributed by atoms with van der Waals surface area (Å²) in [5.74, 6) is 1.04. The minimum absolute atomic E-state index is 0.0697. The minimum Gasteiger partial charge on any atom is -0.356 e. The summed E-state index contributed by atoms with van der Waals surface area (Å²) in [7, 11) is 0. The van der Waals surface area contributed by atoms with Crippen LogP contribution in [0.25, 0.3) is 0 Å². The molecule has 0 unspecified atom stereocenters. The third kappa shape index (κ3) is 3.60. The molecule has 4 heteroatoms. The summed E-state index contributed by atoms with van der Waals surface area (Å²) >= 11 is 0. The highest BCUT2D eigenvalue weighted by Crippen LogP contribution is 2.36. The molecule has 20 heavy (non-hydrogen) atoms. The van der Waals surface area contributed by atoms with Crippen molar-refractivity contribution < 1.29 is 9.59 Å². The van der Waals surface area contributed by atoms with Crippen molar-refractivity contribution in [1.29, 1.82) is 0 Å². The summed E-state index contributed by atoms with van der Waals surface area (Å²) in [5, 5.41) is 3.02. The fourth-order valence-electron chi connectivity index (χ4n) is 3.78. The summed E-state index contributed by atoms with van der Waals surface area (Å²) in [4.78, 5) is 26.4. The summed E-state index contributed by atoms with van der Waals surface area (Å²) in [6.07, 6.45) is 5.39. The van der Waals surface area contributed by atoms with E-state index in [0.717, 1.165) is 51.7 Å². The number of fused-ring (bicyclic) bond motifs is 1. The van der Waals surface area contributed by atoms with Crippen molar-refractivity contribution in [1.82, 2.24) is 10.2 Å². The zero-order chi connectivity index (χ0) is 14.5. The molecule has 0 bridgehead atoms. The molecule has 3 atom stereocenters. The summed E-state index contributed by atoms with van der Waals surface area (Å²) in [6, 6.07) is 0.530. The van der Waals surface area contributed by atoms with Gasteiger partial charge in [-0.15, -0.1) is 0 Å². The van der Waals surface area contributed by atoms with Crippen LogP contribution in [0.3, 0.4) is 0 Å². The lowest BCUT2D eigenvalue weighted by Gasteiger charge is -2.46. The van der Waals surface area contributed by atoms with Crippen molar-refractivity contribution in [2.75, 3.05) is 19.6 Å². The van der Waals surface area contributed by atoms with Gasteiger partial charge in [0, 0.05) is 32.0 Å². The third-order valence-electron chi connectivity index (χ3n) is 4.69. The van der Waals surface area contributed by atoms with E-state index >= 15 is 0 Å². The lowest BCUT2D eigenvalue weighted by atomic mass is 9.74. The van der Waals surface area contributed by atoms with Gasteiger partial charge in [0.05, 0.1) is 5.92 Å². The Balaban J connectivity index is 2.02. The van der Waals surface area contributed by atoms with E-state index in [0.29, 0.717) is 24.2 Å². The first kappa shape index (κ1) is 15.5. The molecule has 4 nitrogen and oxygen atoms in total. The molecule has 2 fully saturated rings. The molecule has 114 valence electrons. The Morgan fingerprint density at radius 1 is 1.35 bits per heavy atom. The number of Topliss-reactive ketones (excluding diaryl/α,β-unsaturated/α-hetero) is 1. The molecule has 1 saturated carbocycles. The summed E-state index contributed by atoms with van der Waals surface area (Å²) in [6.45, 7) is 6.94. The molecule has 0 aromatic heterocycles. The first-order chi connectivity index (χ1) is 9.65. The Bertz CT molecular complexity index is 356. The van der Waals surface area contributed by atoms with Crippen LogP contribution < -0.4 is 5.32 Å². The number of hydrogen-bond acceptors (Lipinski definition) is 3. The van der Waals surface area contributed by atoms with Crippen molar-refractivity contribution >= 4 is 11.7 Å². The quantitative estimate of drug-likeness (QED) is 0.838. The van der Waals surface area contributed by atoms with E-state index in [1.165, 1.54) is 0 Å². The van der Waals surface area contributed by atoms with Gasteiger partial charge in [-0.3, -0.25) is 14.5 Å². The molecule has 1 heterocycles. The molecule has 1 amide bonds. The summed E-state index contributed by atoms with van der Waals surface area (Å²) < 4.78 is 0. The molecule has 2 rings (SSSR count). The number of rotatable bonds is 5. The van der Waals surface area contributed by atoms with E-state index in [1.807, 2.05) is 0 Å². The van der Waals surface area contributed by atoms with E-state index in [9.17, 15) is 9.59 Å². The van der Waals surface area contributed by atoms with Gasteiger partial charge in [-0.2, -0.15) is 0 Å². The Hall–Kier alpha value is -0.900. The van der Waals surface area contributed by atoms with Gasteiger partial charge in [-0.1, -0.05) is 13.8 Å². The maximum atomic E-state index is 12.2. The smallest absolute Gasteiger partial charge is 0.224 e. The second-order valence-corrected chi connectivity index (χ2v) is 6.33. The number of ketones is 1. The highest BCUT2D eigenvalue weighted by Gasteiger charge is 2.41. The molecule has 0 radical (unpaired) electrons. The largest absolute Gasteiger partial charge is 0.356 e. The van der Waals surface area contributed by atoms with E-state index in [1.54, 1.807) is 0 Å². The van der Waals surface area contributed by atoms with Crippen LogP contribution in [-0.2, 0) is 9.59 Å². The second-order valence-electron chi connectivity index (χ2n) is 6.33. The van der Waals surface area contributed by atoms with Crippen LogP contribution >= 0.6 is 0 Å². The number of carbonyl (C=O) groups excluding carboxylic acids is 2. The maximum Gasteiger partial charge on any atom is 0.224 e. The van der Waals surface area contributed by atoms with Gasteiger partial charge in [-0.25, -0.2) is 0 Å². The number of nitrogens with one attached hydrogen (secondary N) is 1. The fourth-order valence-corrected chi connectivity index (χ4v) is 3.78. The number of likely N-dealkylation sites (tertiary alicyclic amines) is 1. The number of piperidine rings is 1. The maximum absolute atomic E-state index is 12.2. The van der Waals surface area contributed by atoms with Crippen molar-refractivity contribution in [2.24, 2.45) is 11.8 Å². The standard InChI is InChI=1S/C16H28N2O2/c1-3-7-17-16(20)13-9-12-10-14(19)5-6-15(12)18(11-13)8-4-2/h12-13,15H,3-11H2,1-2H3,(H,17,20)/t12-,13-,15-/m1/s1. The predicted molar refractivity (Wildman–Crippen MR) is 79.4 cm³/mol. The Morgan fingerprint density at radius 3 is 2.85 bits per heavy atom. The average Bonchev–Trinajstić information content (AvgIpc) is 2.44. The number of amides is 1. The van der Waals surface area contributed by atoms with Gasteiger partial charge in [0.25, 0.3) is 0 Å². The Morgan fingerprint density at radius 2 is 2.15 bits per heavy atom.